The fourth-order valence-corrected chi connectivity index (χ4v) is 8.80. The molecule has 1 N–H and O–H groups in total. The Kier molecular flexibility index (Phi) is 7.42. The third-order valence-electron chi connectivity index (χ3n) is 8.19. The van der Waals surface area contributed by atoms with Crippen molar-refractivity contribution in [1.82, 2.24) is 4.57 Å². The molecule has 2 aliphatic rings. The molecule has 11 heteroatoms. The smallest absolute Gasteiger partial charge is 0.308 e. The number of thioether (sulfide) groups is 1. The van der Waals surface area contributed by atoms with Gasteiger partial charge in [-0.05, 0) is 64.9 Å². The van der Waals surface area contributed by atoms with Gasteiger partial charge in [-0.2, -0.15) is 0 Å². The molecule has 4 aromatic carbocycles. The zero-order valence-electron chi connectivity index (χ0n) is 24.3. The Morgan fingerprint density at radius 1 is 0.822 bits per heavy atom. The lowest BCUT2D eigenvalue weighted by Crippen LogP contribution is -2.33. The lowest BCUT2D eigenvalue weighted by atomic mass is 9.83. The first kappa shape index (κ1) is 28.9. The maximum atomic E-state index is 14.1. The van der Waals surface area contributed by atoms with Crippen molar-refractivity contribution in [1.29, 1.82) is 0 Å². The Morgan fingerprint density at radius 3 is 2.18 bits per heavy atom. The van der Waals surface area contributed by atoms with Crippen LogP contribution in [0.25, 0.3) is 10.8 Å². The van der Waals surface area contributed by atoms with E-state index in [2.05, 4.69) is 5.32 Å². The second-order valence-electron chi connectivity index (χ2n) is 10.8. The zero-order chi connectivity index (χ0) is 31.2. The highest BCUT2D eigenvalue weighted by Crippen LogP contribution is 2.54. The highest BCUT2D eigenvalue weighted by molar-refractivity contribution is 8.00. The molecule has 0 aliphatic carbocycles. The van der Waals surface area contributed by atoms with Gasteiger partial charge in [0.05, 0.1) is 30.9 Å². The summed E-state index contributed by atoms with van der Waals surface area (Å²) in [6, 6.07) is 27.5. The summed E-state index contributed by atoms with van der Waals surface area (Å²) in [4.78, 5) is 56.3. The summed E-state index contributed by atoms with van der Waals surface area (Å²) in [6.45, 7) is -0.235. The molecule has 226 valence electrons. The zero-order valence-corrected chi connectivity index (χ0v) is 25.9. The van der Waals surface area contributed by atoms with E-state index in [4.69, 9.17) is 9.47 Å². The van der Waals surface area contributed by atoms with Crippen molar-refractivity contribution < 1.29 is 23.9 Å². The van der Waals surface area contributed by atoms with Crippen LogP contribution in [0, 0.1) is 5.92 Å². The van der Waals surface area contributed by atoms with E-state index in [0.29, 0.717) is 32.8 Å². The number of thiazole rings is 1. The predicted molar refractivity (Wildman–Crippen MR) is 175 cm³/mol. The SMILES string of the molecule is COc1ccc([C@H]2c3sc(=O)n(CC(=O)Nc4ccc5ccccc5c4)c3SC3C(=O)N(c4ccc(OC)cc4)C(=O)C32)cc1. The van der Waals surface area contributed by atoms with Crippen molar-refractivity contribution in [3.05, 3.63) is 111 Å². The van der Waals surface area contributed by atoms with Gasteiger partial charge in [-0.15, -0.1) is 0 Å². The quantitative estimate of drug-likeness (QED) is 0.235. The molecule has 1 saturated heterocycles. The summed E-state index contributed by atoms with van der Waals surface area (Å²) in [6.07, 6.45) is 0. The second kappa shape index (κ2) is 11.6. The van der Waals surface area contributed by atoms with Crippen molar-refractivity contribution in [3.63, 3.8) is 0 Å². The minimum atomic E-state index is -0.789. The molecule has 2 aliphatic heterocycles. The topological polar surface area (TPSA) is 107 Å². The van der Waals surface area contributed by atoms with Gasteiger partial charge in [0.2, 0.25) is 17.7 Å². The molecule has 45 heavy (non-hydrogen) atoms. The molecule has 7 rings (SSSR count). The van der Waals surface area contributed by atoms with Crippen LogP contribution in [-0.4, -0.2) is 41.8 Å². The number of amides is 3. The fraction of sp³-hybridized carbons (Fsp3) is 0.176. The van der Waals surface area contributed by atoms with E-state index < -0.39 is 17.1 Å². The van der Waals surface area contributed by atoms with Crippen molar-refractivity contribution in [2.45, 2.75) is 22.7 Å². The molecule has 0 radical (unpaired) electrons. The van der Waals surface area contributed by atoms with E-state index in [1.807, 2.05) is 54.6 Å². The summed E-state index contributed by atoms with van der Waals surface area (Å²) < 4.78 is 12.0. The van der Waals surface area contributed by atoms with Gasteiger partial charge < -0.3 is 14.8 Å². The number of carbonyl (C=O) groups excluding carboxylic acids is 3. The van der Waals surface area contributed by atoms with E-state index in [1.54, 1.807) is 50.6 Å². The van der Waals surface area contributed by atoms with Crippen molar-refractivity contribution in [2.75, 3.05) is 24.4 Å². The summed E-state index contributed by atoms with van der Waals surface area (Å²) in [5, 5.41) is 4.67. The third kappa shape index (κ3) is 5.07. The molecule has 9 nitrogen and oxygen atoms in total. The molecule has 3 amide bonds. The molecule has 3 atom stereocenters. The summed E-state index contributed by atoms with van der Waals surface area (Å²) >= 11 is 2.19. The van der Waals surface area contributed by atoms with Gasteiger partial charge in [-0.1, -0.05) is 65.6 Å². The van der Waals surface area contributed by atoms with Crippen LogP contribution < -0.4 is 24.6 Å². The minimum Gasteiger partial charge on any atom is -0.497 e. The monoisotopic (exact) mass is 637 g/mol. The number of benzene rings is 4. The summed E-state index contributed by atoms with van der Waals surface area (Å²) in [5.74, 6) is -1.14. The number of aromatic nitrogens is 1. The number of fused-ring (bicyclic) bond motifs is 3. The average molecular weight is 638 g/mol. The molecular formula is C34H27N3O6S2. The van der Waals surface area contributed by atoms with Crippen molar-refractivity contribution in [2.24, 2.45) is 5.92 Å². The van der Waals surface area contributed by atoms with Gasteiger partial charge in [0.15, 0.2) is 0 Å². The first-order valence-electron chi connectivity index (χ1n) is 14.2. The van der Waals surface area contributed by atoms with Crippen LogP contribution in [0.4, 0.5) is 11.4 Å². The Morgan fingerprint density at radius 2 is 1.49 bits per heavy atom. The summed E-state index contributed by atoms with van der Waals surface area (Å²) in [5.41, 5.74) is 1.84. The van der Waals surface area contributed by atoms with Crippen molar-refractivity contribution in [3.8, 4) is 11.5 Å². The Balaban J connectivity index is 1.25. The third-order valence-corrected chi connectivity index (χ3v) is 10.8. The number of carbonyl (C=O) groups is 3. The lowest BCUT2D eigenvalue weighted by Gasteiger charge is -2.30. The van der Waals surface area contributed by atoms with Crippen LogP contribution in [0.15, 0.2) is 101 Å². The van der Waals surface area contributed by atoms with Crippen LogP contribution in [-0.2, 0) is 20.9 Å². The molecule has 2 unspecified atom stereocenters. The van der Waals surface area contributed by atoms with Crippen LogP contribution in [0.2, 0.25) is 0 Å². The van der Waals surface area contributed by atoms with E-state index in [1.165, 1.54) is 21.2 Å². The van der Waals surface area contributed by atoms with Gasteiger partial charge in [0, 0.05) is 16.5 Å². The number of methoxy groups -OCH3 is 2. The van der Waals surface area contributed by atoms with E-state index >= 15 is 0 Å². The normalized spacial score (nSPS) is 18.9. The average Bonchev–Trinajstić information content (AvgIpc) is 3.50. The molecule has 1 aromatic heterocycles. The van der Waals surface area contributed by atoms with Gasteiger partial charge in [-0.3, -0.25) is 23.7 Å². The molecule has 0 bridgehead atoms. The molecule has 0 spiro atoms. The Hall–Kier alpha value is -4.87. The highest BCUT2D eigenvalue weighted by Gasteiger charge is 2.56. The van der Waals surface area contributed by atoms with Crippen LogP contribution in [0.3, 0.4) is 0 Å². The van der Waals surface area contributed by atoms with Crippen LogP contribution >= 0.6 is 23.1 Å². The minimum absolute atomic E-state index is 0.235. The fourth-order valence-electron chi connectivity index (χ4n) is 6.02. The number of anilines is 2. The maximum absolute atomic E-state index is 14.1. The van der Waals surface area contributed by atoms with Gasteiger partial charge in [0.1, 0.15) is 23.3 Å². The molecule has 1 fully saturated rings. The first-order valence-corrected chi connectivity index (χ1v) is 15.9. The largest absolute Gasteiger partial charge is 0.497 e. The Labute approximate surface area is 266 Å². The second-order valence-corrected chi connectivity index (χ2v) is 12.9. The number of rotatable bonds is 7. The van der Waals surface area contributed by atoms with E-state index in [-0.39, 0.29) is 29.1 Å². The number of nitrogens with zero attached hydrogens (tertiary/aromatic N) is 2. The maximum Gasteiger partial charge on any atom is 0.308 e. The van der Waals surface area contributed by atoms with Gasteiger partial charge in [-0.25, -0.2) is 4.90 Å². The molecule has 5 aromatic rings. The summed E-state index contributed by atoms with van der Waals surface area (Å²) in [7, 11) is 3.12. The number of imide groups is 1. The number of hydrogen-bond acceptors (Lipinski definition) is 8. The van der Waals surface area contributed by atoms with Crippen LogP contribution in [0.5, 0.6) is 11.5 Å². The predicted octanol–water partition coefficient (Wildman–Crippen LogP) is 5.51. The van der Waals surface area contributed by atoms with Gasteiger partial charge in [0.25, 0.3) is 0 Å². The first-order chi connectivity index (χ1) is 21.9. The van der Waals surface area contributed by atoms with E-state index in [9.17, 15) is 19.2 Å². The van der Waals surface area contributed by atoms with Crippen molar-refractivity contribution >= 4 is 63.0 Å². The highest BCUT2D eigenvalue weighted by atomic mass is 32.2. The number of nitrogens with one attached hydrogen (secondary N) is 1. The van der Waals surface area contributed by atoms with Crippen LogP contribution in [0.1, 0.15) is 16.4 Å². The molecule has 3 heterocycles. The van der Waals surface area contributed by atoms with E-state index in [0.717, 1.165) is 27.7 Å². The Bertz CT molecular complexity index is 2020. The standard InChI is InChI=1S/C34H27N3O6S2/c1-42-24-13-8-20(9-14-24)27-28-29(32(40)37(31(28)39)23-11-15-25(43-2)16-12-23)44-33-30(27)45-34(41)36(33)18-26(38)35-22-10-7-19-5-3-4-6-21(19)17-22/h3-17,27-29H,18H2,1-2H3,(H,35,38)/t27-,28?,29?/m1/s1. The number of ether oxygens (including phenoxy) is 2. The number of hydrogen-bond donors (Lipinski definition) is 1. The molecule has 0 saturated carbocycles. The lowest BCUT2D eigenvalue weighted by molar-refractivity contribution is -0.122. The van der Waals surface area contributed by atoms with Gasteiger partial charge >= 0.3 is 4.87 Å². The molecular weight excluding hydrogens is 611 g/mol.